The molecule has 1 atom stereocenters. The van der Waals surface area contributed by atoms with Crippen molar-refractivity contribution in [3.63, 3.8) is 0 Å². The molecule has 1 amide bonds. The maximum atomic E-state index is 11.4. The van der Waals surface area contributed by atoms with Crippen LogP contribution in [0.1, 0.15) is 11.0 Å². The van der Waals surface area contributed by atoms with Gasteiger partial charge >= 0.3 is 0 Å². The molecule has 2 heterocycles. The molecule has 0 aromatic carbocycles. The van der Waals surface area contributed by atoms with Crippen LogP contribution in [0.3, 0.4) is 0 Å². The molecule has 1 unspecified atom stereocenters. The second-order valence-corrected chi connectivity index (χ2v) is 5.24. The van der Waals surface area contributed by atoms with Crippen LogP contribution in [0.25, 0.3) is 0 Å². The van der Waals surface area contributed by atoms with Crippen LogP contribution in [-0.4, -0.2) is 28.9 Å². The fourth-order valence-electron chi connectivity index (χ4n) is 1.42. The fourth-order valence-corrected chi connectivity index (χ4v) is 2.47. The molecule has 2 rings (SSSR count). The molecule has 0 spiro atoms. The third kappa shape index (κ3) is 2.45. The summed E-state index contributed by atoms with van der Waals surface area (Å²) in [6.07, 6.45) is -0.0407. The van der Waals surface area contributed by atoms with E-state index in [9.17, 15) is 4.79 Å². The molecule has 0 radical (unpaired) electrons. The quantitative estimate of drug-likeness (QED) is 0.769. The zero-order chi connectivity index (χ0) is 10.8. The minimum atomic E-state index is -1.00. The minimum Gasteiger partial charge on any atom is -0.350 e. The van der Waals surface area contributed by atoms with Gasteiger partial charge in [-0.1, -0.05) is 29.3 Å². The van der Waals surface area contributed by atoms with Gasteiger partial charge in [-0.15, -0.1) is 11.3 Å². The van der Waals surface area contributed by atoms with E-state index in [0.717, 1.165) is 4.88 Å². The van der Waals surface area contributed by atoms with Gasteiger partial charge in [0.25, 0.3) is 5.91 Å². The highest BCUT2D eigenvalue weighted by Gasteiger charge is 2.30. The molecular formula is C9H9Cl2NO2S. The van der Waals surface area contributed by atoms with Crippen molar-refractivity contribution < 1.29 is 9.53 Å². The molecule has 82 valence electrons. The molecule has 1 aromatic heterocycles. The average molecular weight is 266 g/mol. The standard InChI is InChI=1S/C9H9Cl2NO2S/c10-8(11)9(13)12-4-6(14-5-12)7-2-1-3-15-7/h1-3,6,8H,4-5H2. The van der Waals surface area contributed by atoms with Crippen molar-refractivity contribution in [1.82, 2.24) is 4.90 Å². The molecule has 1 aliphatic heterocycles. The van der Waals surface area contributed by atoms with Gasteiger partial charge in [0.05, 0.1) is 6.54 Å². The number of nitrogens with zero attached hydrogens (tertiary/aromatic N) is 1. The Morgan fingerprint density at radius 1 is 1.67 bits per heavy atom. The third-order valence-electron chi connectivity index (χ3n) is 2.18. The van der Waals surface area contributed by atoms with Crippen LogP contribution in [-0.2, 0) is 9.53 Å². The molecule has 1 fully saturated rings. The number of hydrogen-bond donors (Lipinski definition) is 0. The molecule has 0 saturated carbocycles. The summed E-state index contributed by atoms with van der Waals surface area (Å²) in [5.74, 6) is -0.294. The van der Waals surface area contributed by atoms with Gasteiger partial charge in [-0.3, -0.25) is 4.79 Å². The van der Waals surface area contributed by atoms with Gasteiger partial charge in [-0.25, -0.2) is 0 Å². The van der Waals surface area contributed by atoms with Crippen molar-refractivity contribution in [3.05, 3.63) is 22.4 Å². The number of carbonyl (C=O) groups excluding carboxylic acids is 1. The van der Waals surface area contributed by atoms with Crippen molar-refractivity contribution in [2.45, 2.75) is 10.9 Å². The summed E-state index contributed by atoms with van der Waals surface area (Å²) in [4.78, 5) is 13.1. The highest BCUT2D eigenvalue weighted by atomic mass is 35.5. The number of hydrogen-bond acceptors (Lipinski definition) is 3. The van der Waals surface area contributed by atoms with Crippen LogP contribution < -0.4 is 0 Å². The predicted octanol–water partition coefficient (Wildman–Crippen LogP) is 2.41. The maximum absolute atomic E-state index is 11.4. The second kappa shape index (κ2) is 4.70. The van der Waals surface area contributed by atoms with Crippen molar-refractivity contribution in [2.75, 3.05) is 13.3 Å². The van der Waals surface area contributed by atoms with E-state index in [1.54, 1.807) is 11.3 Å². The Kier molecular flexibility index (Phi) is 3.51. The third-order valence-corrected chi connectivity index (χ3v) is 3.51. The summed E-state index contributed by atoms with van der Waals surface area (Å²) in [5.41, 5.74) is 0. The second-order valence-electron chi connectivity index (χ2n) is 3.16. The van der Waals surface area contributed by atoms with Crippen molar-refractivity contribution in [2.24, 2.45) is 0 Å². The number of carbonyl (C=O) groups is 1. The van der Waals surface area contributed by atoms with E-state index in [-0.39, 0.29) is 18.7 Å². The van der Waals surface area contributed by atoms with Crippen LogP contribution in [0.15, 0.2) is 17.5 Å². The zero-order valence-electron chi connectivity index (χ0n) is 7.73. The van der Waals surface area contributed by atoms with Crippen molar-refractivity contribution in [3.8, 4) is 0 Å². The Hall–Kier alpha value is -0.290. The van der Waals surface area contributed by atoms with Crippen LogP contribution >= 0.6 is 34.5 Å². The highest BCUT2D eigenvalue weighted by molar-refractivity contribution is 7.10. The molecule has 1 aromatic rings. The topological polar surface area (TPSA) is 29.5 Å². The van der Waals surface area contributed by atoms with E-state index in [0.29, 0.717) is 6.54 Å². The van der Waals surface area contributed by atoms with Gasteiger partial charge in [0.1, 0.15) is 12.8 Å². The molecule has 1 aliphatic rings. The Labute approximate surface area is 102 Å². The summed E-state index contributed by atoms with van der Waals surface area (Å²) in [7, 11) is 0. The largest absolute Gasteiger partial charge is 0.350 e. The first-order chi connectivity index (χ1) is 7.18. The maximum Gasteiger partial charge on any atom is 0.257 e. The first kappa shape index (κ1) is 11.2. The molecule has 1 saturated heterocycles. The Balaban J connectivity index is 1.98. The molecule has 3 nitrogen and oxygen atoms in total. The number of rotatable bonds is 2. The van der Waals surface area contributed by atoms with E-state index >= 15 is 0 Å². The number of thiophene rings is 1. The normalized spacial score (nSPS) is 21.3. The van der Waals surface area contributed by atoms with Gasteiger partial charge in [0.15, 0.2) is 4.84 Å². The lowest BCUT2D eigenvalue weighted by atomic mass is 10.3. The van der Waals surface area contributed by atoms with Crippen LogP contribution in [0, 0.1) is 0 Å². The summed E-state index contributed by atoms with van der Waals surface area (Å²) in [5, 5.41) is 1.98. The van der Waals surface area contributed by atoms with Crippen LogP contribution in [0.5, 0.6) is 0 Å². The molecule has 0 aliphatic carbocycles. The Morgan fingerprint density at radius 3 is 3.07 bits per heavy atom. The number of halogens is 2. The van der Waals surface area contributed by atoms with Gasteiger partial charge < -0.3 is 9.64 Å². The smallest absolute Gasteiger partial charge is 0.257 e. The number of ether oxygens (including phenoxy) is 1. The lowest BCUT2D eigenvalue weighted by Gasteiger charge is -2.13. The van der Waals surface area contributed by atoms with Gasteiger partial charge in [-0.2, -0.15) is 0 Å². The number of amides is 1. The first-order valence-corrected chi connectivity index (χ1v) is 6.15. The molecule has 6 heteroatoms. The molecule has 15 heavy (non-hydrogen) atoms. The van der Waals surface area contributed by atoms with Gasteiger partial charge in [0, 0.05) is 4.88 Å². The van der Waals surface area contributed by atoms with Crippen LogP contribution in [0.2, 0.25) is 0 Å². The summed E-state index contributed by atoms with van der Waals surface area (Å²) in [6.45, 7) is 0.784. The lowest BCUT2D eigenvalue weighted by Crippen LogP contribution is -2.32. The van der Waals surface area contributed by atoms with Crippen molar-refractivity contribution in [1.29, 1.82) is 0 Å². The Bertz CT molecular complexity index is 342. The lowest BCUT2D eigenvalue weighted by molar-refractivity contribution is -0.129. The fraction of sp³-hybridized carbons (Fsp3) is 0.444. The molecule has 0 bridgehead atoms. The average Bonchev–Trinajstić information content (AvgIpc) is 2.86. The summed E-state index contributed by atoms with van der Waals surface area (Å²) < 4.78 is 5.48. The molecular weight excluding hydrogens is 257 g/mol. The monoisotopic (exact) mass is 265 g/mol. The van der Waals surface area contributed by atoms with E-state index in [2.05, 4.69) is 0 Å². The van der Waals surface area contributed by atoms with Gasteiger partial charge in [-0.05, 0) is 11.4 Å². The SMILES string of the molecule is O=C(C(Cl)Cl)N1COC(c2cccs2)C1. The van der Waals surface area contributed by atoms with Crippen LogP contribution in [0.4, 0.5) is 0 Å². The van der Waals surface area contributed by atoms with Gasteiger partial charge in [0.2, 0.25) is 0 Å². The van der Waals surface area contributed by atoms with Crippen molar-refractivity contribution >= 4 is 40.4 Å². The Morgan fingerprint density at radius 2 is 2.47 bits per heavy atom. The zero-order valence-corrected chi connectivity index (χ0v) is 10.1. The van der Waals surface area contributed by atoms with E-state index in [4.69, 9.17) is 27.9 Å². The predicted molar refractivity (Wildman–Crippen MR) is 60.2 cm³/mol. The summed E-state index contributed by atoms with van der Waals surface area (Å²) in [6, 6.07) is 3.95. The highest BCUT2D eigenvalue weighted by Crippen LogP contribution is 2.28. The van der Waals surface area contributed by atoms with E-state index < -0.39 is 4.84 Å². The first-order valence-electron chi connectivity index (χ1n) is 4.40. The number of alkyl halides is 2. The minimum absolute atomic E-state index is 0.0407. The summed E-state index contributed by atoms with van der Waals surface area (Å²) >= 11 is 12.6. The molecule has 0 N–H and O–H groups in total. The van der Waals surface area contributed by atoms with E-state index in [1.807, 2.05) is 17.5 Å². The van der Waals surface area contributed by atoms with E-state index in [1.165, 1.54) is 4.90 Å².